The molecular weight excluding hydrogens is 248 g/mol. The first kappa shape index (κ1) is 11.8. The maximum Gasteiger partial charge on any atom is 0.187 e. The molecule has 2 unspecified atom stereocenters. The van der Waals surface area contributed by atoms with Crippen LogP contribution in [0.25, 0.3) is 0 Å². The summed E-state index contributed by atoms with van der Waals surface area (Å²) in [5.74, 6) is 0. The van der Waals surface area contributed by atoms with Crippen LogP contribution in [0.4, 0.5) is 5.13 Å². The molecule has 0 aromatic carbocycles. The number of carbonyl (C=O) groups is 1. The lowest BCUT2D eigenvalue weighted by molar-refractivity contribution is 0.0343. The predicted molar refractivity (Wildman–Crippen MR) is 64.7 cm³/mol. The van der Waals surface area contributed by atoms with Crippen molar-refractivity contribution in [1.29, 1.82) is 0 Å². The lowest BCUT2D eigenvalue weighted by atomic mass is 10.2. The van der Waals surface area contributed by atoms with E-state index in [1.807, 2.05) is 6.92 Å². The molecule has 0 saturated carbocycles. The van der Waals surface area contributed by atoms with Crippen LogP contribution >= 0.6 is 22.9 Å². The van der Waals surface area contributed by atoms with E-state index in [1.54, 1.807) is 0 Å². The van der Waals surface area contributed by atoms with Crippen LogP contribution in [0.5, 0.6) is 0 Å². The van der Waals surface area contributed by atoms with Gasteiger partial charge in [0.05, 0.1) is 18.8 Å². The summed E-state index contributed by atoms with van der Waals surface area (Å²) in [7, 11) is 0. The van der Waals surface area contributed by atoms with Gasteiger partial charge in [-0.15, -0.1) is 0 Å². The van der Waals surface area contributed by atoms with Crippen molar-refractivity contribution in [2.24, 2.45) is 0 Å². The van der Waals surface area contributed by atoms with E-state index in [2.05, 4.69) is 16.8 Å². The number of nitrogens with zero attached hydrogens (tertiary/aromatic N) is 2. The second kappa shape index (κ2) is 4.69. The minimum Gasteiger partial charge on any atom is -0.375 e. The molecular formula is C10H13ClN2O2S. The highest BCUT2D eigenvalue weighted by Gasteiger charge is 2.26. The number of rotatable bonds is 2. The van der Waals surface area contributed by atoms with Crippen molar-refractivity contribution < 1.29 is 9.53 Å². The molecule has 2 heterocycles. The quantitative estimate of drug-likeness (QED) is 0.765. The zero-order chi connectivity index (χ0) is 11.7. The maximum absolute atomic E-state index is 10.7. The van der Waals surface area contributed by atoms with Gasteiger partial charge >= 0.3 is 0 Å². The van der Waals surface area contributed by atoms with Gasteiger partial charge < -0.3 is 9.64 Å². The van der Waals surface area contributed by atoms with Crippen LogP contribution < -0.4 is 4.90 Å². The molecule has 1 aromatic heterocycles. The molecule has 0 radical (unpaired) electrons. The van der Waals surface area contributed by atoms with Crippen LogP contribution in [0.15, 0.2) is 0 Å². The number of hydrogen-bond acceptors (Lipinski definition) is 5. The minimum absolute atomic E-state index is 0.179. The van der Waals surface area contributed by atoms with Gasteiger partial charge in [-0.1, -0.05) is 22.9 Å². The first-order chi connectivity index (χ1) is 7.61. The van der Waals surface area contributed by atoms with Gasteiger partial charge in [-0.3, -0.25) is 4.79 Å². The molecule has 4 nitrogen and oxygen atoms in total. The molecule has 0 amide bonds. The van der Waals surface area contributed by atoms with E-state index in [0.717, 1.165) is 18.0 Å². The molecule has 1 aliphatic heterocycles. The van der Waals surface area contributed by atoms with E-state index >= 15 is 0 Å². The Bertz CT molecular complexity index is 396. The summed E-state index contributed by atoms with van der Waals surface area (Å²) in [5.41, 5.74) is 0. The van der Waals surface area contributed by atoms with E-state index in [1.165, 1.54) is 11.3 Å². The number of thiazole rings is 1. The molecule has 1 saturated heterocycles. The second-order valence-corrected chi connectivity index (χ2v) is 5.28. The highest BCUT2D eigenvalue weighted by molar-refractivity contribution is 7.17. The number of aromatic nitrogens is 1. The van der Waals surface area contributed by atoms with Crippen LogP contribution in [0.3, 0.4) is 0 Å². The molecule has 1 aliphatic rings. The van der Waals surface area contributed by atoms with Gasteiger partial charge in [0.1, 0.15) is 4.88 Å². The number of carbonyl (C=O) groups excluding carboxylic acids is 1. The topological polar surface area (TPSA) is 42.4 Å². The normalized spacial score (nSPS) is 25.8. The smallest absolute Gasteiger partial charge is 0.187 e. The summed E-state index contributed by atoms with van der Waals surface area (Å²) >= 11 is 7.19. The standard InChI is InChI=1S/C10H13ClN2O2S/c1-6-5-15-7(2)3-13(6)10-12-9(11)8(4-14)16-10/h4,6-7H,3,5H2,1-2H3. The molecule has 0 aliphatic carbocycles. The van der Waals surface area contributed by atoms with Gasteiger partial charge in [0.15, 0.2) is 16.6 Å². The van der Waals surface area contributed by atoms with Crippen LogP contribution in [0, 0.1) is 0 Å². The van der Waals surface area contributed by atoms with E-state index in [4.69, 9.17) is 16.3 Å². The fourth-order valence-corrected chi connectivity index (χ4v) is 2.84. The maximum atomic E-state index is 10.7. The van der Waals surface area contributed by atoms with Crippen LogP contribution in [0.2, 0.25) is 5.15 Å². The van der Waals surface area contributed by atoms with Gasteiger partial charge in [0.25, 0.3) is 0 Å². The Kier molecular flexibility index (Phi) is 3.47. The Morgan fingerprint density at radius 1 is 1.62 bits per heavy atom. The number of aldehydes is 1. The fourth-order valence-electron chi connectivity index (χ4n) is 1.67. The highest BCUT2D eigenvalue weighted by Crippen LogP contribution is 2.31. The number of hydrogen-bond donors (Lipinski definition) is 0. The number of halogens is 1. The summed E-state index contributed by atoms with van der Waals surface area (Å²) in [4.78, 5) is 17.6. The Hall–Kier alpha value is -0.650. The molecule has 0 spiro atoms. The highest BCUT2D eigenvalue weighted by atomic mass is 35.5. The van der Waals surface area contributed by atoms with E-state index in [9.17, 15) is 4.79 Å². The SMILES string of the molecule is CC1CN(c2nc(Cl)c(C=O)s2)C(C)CO1. The summed E-state index contributed by atoms with van der Waals surface area (Å²) in [6.07, 6.45) is 0.927. The monoisotopic (exact) mass is 260 g/mol. The molecule has 2 rings (SSSR count). The zero-order valence-corrected chi connectivity index (χ0v) is 10.7. The third-order valence-electron chi connectivity index (χ3n) is 2.56. The molecule has 88 valence electrons. The lowest BCUT2D eigenvalue weighted by Crippen LogP contribution is -2.47. The third-order valence-corrected chi connectivity index (χ3v) is 3.98. The number of anilines is 1. The average molecular weight is 261 g/mol. The number of ether oxygens (including phenoxy) is 1. The summed E-state index contributed by atoms with van der Waals surface area (Å²) in [6, 6.07) is 0.262. The van der Waals surface area contributed by atoms with Crippen molar-refractivity contribution >= 4 is 34.4 Å². The molecule has 1 aromatic rings. The summed E-state index contributed by atoms with van der Waals surface area (Å²) in [5, 5.41) is 1.09. The van der Waals surface area contributed by atoms with Gasteiger partial charge in [0.2, 0.25) is 0 Å². The van der Waals surface area contributed by atoms with E-state index < -0.39 is 0 Å². The molecule has 1 fully saturated rings. The van der Waals surface area contributed by atoms with Crippen molar-refractivity contribution in [2.75, 3.05) is 18.1 Å². The Balaban J connectivity index is 2.24. The predicted octanol–water partition coefficient (Wildman–Crippen LogP) is 2.22. The number of morpholine rings is 1. The minimum atomic E-state index is 0.179. The molecule has 2 atom stereocenters. The van der Waals surface area contributed by atoms with Gasteiger partial charge in [-0.05, 0) is 13.8 Å². The van der Waals surface area contributed by atoms with Crippen LogP contribution in [-0.2, 0) is 4.74 Å². The Morgan fingerprint density at radius 3 is 3.00 bits per heavy atom. The van der Waals surface area contributed by atoms with Crippen molar-refractivity contribution in [3.05, 3.63) is 10.0 Å². The first-order valence-electron chi connectivity index (χ1n) is 5.11. The third kappa shape index (κ3) is 2.21. The summed E-state index contributed by atoms with van der Waals surface area (Å²) in [6.45, 7) is 5.55. The van der Waals surface area contributed by atoms with Gasteiger partial charge in [-0.2, -0.15) is 0 Å². The van der Waals surface area contributed by atoms with E-state index in [0.29, 0.717) is 16.6 Å². The molecule has 0 N–H and O–H groups in total. The average Bonchev–Trinajstić information content (AvgIpc) is 2.63. The molecule has 16 heavy (non-hydrogen) atoms. The fraction of sp³-hybridized carbons (Fsp3) is 0.600. The lowest BCUT2D eigenvalue weighted by Gasteiger charge is -2.36. The van der Waals surface area contributed by atoms with Gasteiger partial charge in [-0.25, -0.2) is 4.98 Å². The Morgan fingerprint density at radius 2 is 2.38 bits per heavy atom. The van der Waals surface area contributed by atoms with Crippen molar-refractivity contribution in [3.8, 4) is 0 Å². The second-order valence-electron chi connectivity index (χ2n) is 3.91. The summed E-state index contributed by atoms with van der Waals surface area (Å²) < 4.78 is 5.54. The zero-order valence-electron chi connectivity index (χ0n) is 9.14. The Labute approximate surface area is 103 Å². The van der Waals surface area contributed by atoms with Crippen LogP contribution in [-0.4, -0.2) is 36.6 Å². The van der Waals surface area contributed by atoms with E-state index in [-0.39, 0.29) is 12.1 Å². The van der Waals surface area contributed by atoms with Crippen molar-refractivity contribution in [1.82, 2.24) is 4.98 Å². The first-order valence-corrected chi connectivity index (χ1v) is 6.31. The van der Waals surface area contributed by atoms with Gasteiger partial charge in [0, 0.05) is 6.54 Å². The largest absolute Gasteiger partial charge is 0.375 e. The van der Waals surface area contributed by atoms with Crippen molar-refractivity contribution in [2.45, 2.75) is 26.0 Å². The molecule has 6 heteroatoms. The van der Waals surface area contributed by atoms with Crippen molar-refractivity contribution in [3.63, 3.8) is 0 Å². The van der Waals surface area contributed by atoms with Crippen LogP contribution in [0.1, 0.15) is 23.5 Å². The molecule has 0 bridgehead atoms.